The van der Waals surface area contributed by atoms with Crippen LogP contribution in [-0.4, -0.2) is 52.9 Å². The van der Waals surface area contributed by atoms with Gasteiger partial charge < -0.3 is 4.90 Å². The minimum atomic E-state index is 0.944. The Morgan fingerprint density at radius 1 is 1.15 bits per heavy atom. The molecule has 3 heterocycles. The van der Waals surface area contributed by atoms with Gasteiger partial charge in [0.2, 0.25) is 0 Å². The highest BCUT2D eigenvalue weighted by Gasteiger charge is 2.18. The van der Waals surface area contributed by atoms with Crippen LogP contribution in [-0.2, 0) is 0 Å². The molecular weight excluding hydrogens is 384 g/mol. The number of halogens is 2. The van der Waals surface area contributed by atoms with Gasteiger partial charge in [0, 0.05) is 54.9 Å². The van der Waals surface area contributed by atoms with E-state index in [-0.39, 0.29) is 0 Å². The van der Waals surface area contributed by atoms with Gasteiger partial charge in [-0.25, -0.2) is 0 Å². The minimum absolute atomic E-state index is 0.944. The van der Waals surface area contributed by atoms with Crippen LogP contribution in [0.15, 0.2) is 29.0 Å². The van der Waals surface area contributed by atoms with Gasteiger partial charge in [-0.1, -0.05) is 15.9 Å². The topological polar surface area (TPSA) is 32.3 Å². The van der Waals surface area contributed by atoms with Crippen molar-refractivity contribution >= 4 is 48.6 Å². The molecule has 106 valence electrons. The fourth-order valence-electron chi connectivity index (χ4n) is 2.58. The first kappa shape index (κ1) is 14.2. The molecule has 0 aromatic carbocycles. The zero-order valence-corrected chi connectivity index (χ0v) is 14.3. The molecule has 1 fully saturated rings. The molecule has 20 heavy (non-hydrogen) atoms. The van der Waals surface area contributed by atoms with Crippen molar-refractivity contribution in [1.29, 1.82) is 0 Å². The highest BCUT2D eigenvalue weighted by Crippen LogP contribution is 2.26. The van der Waals surface area contributed by atoms with Crippen molar-refractivity contribution in [1.82, 2.24) is 14.9 Å². The van der Waals surface area contributed by atoms with Gasteiger partial charge in [-0.05, 0) is 28.1 Å². The van der Waals surface area contributed by atoms with Crippen LogP contribution >= 0.6 is 31.9 Å². The van der Waals surface area contributed by atoms with Crippen molar-refractivity contribution < 1.29 is 0 Å². The van der Waals surface area contributed by atoms with Gasteiger partial charge in [0.05, 0.1) is 11.2 Å². The summed E-state index contributed by atoms with van der Waals surface area (Å²) in [6.45, 7) is 5.42. The number of piperazine rings is 1. The second-order valence-electron chi connectivity index (χ2n) is 4.87. The number of hydrogen-bond donors (Lipinski definition) is 0. The van der Waals surface area contributed by atoms with E-state index in [1.54, 1.807) is 0 Å². The largest absolute Gasteiger partial charge is 0.367 e. The van der Waals surface area contributed by atoms with Gasteiger partial charge in [-0.2, -0.15) is 0 Å². The molecule has 1 saturated heterocycles. The zero-order chi connectivity index (χ0) is 13.9. The summed E-state index contributed by atoms with van der Waals surface area (Å²) in [5, 5.41) is 1.04. The van der Waals surface area contributed by atoms with Crippen molar-refractivity contribution in [3.8, 4) is 0 Å². The number of rotatable bonds is 3. The molecule has 0 amide bonds. The van der Waals surface area contributed by atoms with Gasteiger partial charge >= 0.3 is 0 Å². The standard InChI is InChI=1S/C14H16Br2N4/c15-2-4-19-5-7-20(8-6-19)13-1-3-17-12-9-11(16)10-18-14(12)13/h1,3,9-10H,2,4-8H2. The van der Waals surface area contributed by atoms with E-state index in [0.29, 0.717) is 0 Å². The lowest BCUT2D eigenvalue weighted by Crippen LogP contribution is -2.47. The Morgan fingerprint density at radius 2 is 1.95 bits per heavy atom. The quantitative estimate of drug-likeness (QED) is 0.742. The predicted molar refractivity (Wildman–Crippen MR) is 89.7 cm³/mol. The molecule has 0 unspecified atom stereocenters. The molecule has 2 aromatic rings. The SMILES string of the molecule is BrCCN1CCN(c2ccnc3cc(Br)cnc23)CC1. The third kappa shape index (κ3) is 2.97. The van der Waals surface area contributed by atoms with E-state index < -0.39 is 0 Å². The maximum Gasteiger partial charge on any atom is 0.112 e. The second kappa shape index (κ2) is 6.37. The lowest BCUT2D eigenvalue weighted by molar-refractivity contribution is 0.274. The molecule has 0 spiro atoms. The summed E-state index contributed by atoms with van der Waals surface area (Å²) in [4.78, 5) is 13.8. The highest BCUT2D eigenvalue weighted by molar-refractivity contribution is 9.10. The highest BCUT2D eigenvalue weighted by atomic mass is 79.9. The van der Waals surface area contributed by atoms with Crippen LogP contribution in [0.25, 0.3) is 11.0 Å². The van der Waals surface area contributed by atoms with Gasteiger partial charge in [0.15, 0.2) is 0 Å². The third-order valence-electron chi connectivity index (χ3n) is 3.64. The van der Waals surface area contributed by atoms with E-state index in [1.165, 1.54) is 5.69 Å². The molecular formula is C14H16Br2N4. The summed E-state index contributed by atoms with van der Waals surface area (Å²) in [5.41, 5.74) is 3.13. The summed E-state index contributed by atoms with van der Waals surface area (Å²) in [6, 6.07) is 4.09. The average molecular weight is 400 g/mol. The third-order valence-corrected chi connectivity index (χ3v) is 4.42. The molecule has 6 heteroatoms. The molecule has 0 radical (unpaired) electrons. The van der Waals surface area contributed by atoms with Crippen LogP contribution in [0.4, 0.5) is 5.69 Å². The number of alkyl halides is 1. The average Bonchev–Trinajstić information content (AvgIpc) is 2.47. The smallest absolute Gasteiger partial charge is 0.112 e. The Labute approximate surface area is 135 Å². The van der Waals surface area contributed by atoms with Gasteiger partial charge in [-0.3, -0.25) is 14.9 Å². The van der Waals surface area contributed by atoms with Gasteiger partial charge in [-0.15, -0.1) is 0 Å². The molecule has 0 N–H and O–H groups in total. The van der Waals surface area contributed by atoms with E-state index in [0.717, 1.165) is 53.6 Å². The molecule has 1 aliphatic heterocycles. The predicted octanol–water partition coefficient (Wildman–Crippen LogP) is 2.91. The lowest BCUT2D eigenvalue weighted by atomic mass is 10.2. The molecule has 2 aromatic heterocycles. The molecule has 0 aliphatic carbocycles. The zero-order valence-electron chi connectivity index (χ0n) is 11.1. The fourth-order valence-corrected chi connectivity index (χ4v) is 3.40. The van der Waals surface area contributed by atoms with Crippen molar-refractivity contribution in [3.63, 3.8) is 0 Å². The van der Waals surface area contributed by atoms with Crippen molar-refractivity contribution in [2.24, 2.45) is 0 Å². The molecule has 0 atom stereocenters. The van der Waals surface area contributed by atoms with Crippen molar-refractivity contribution in [2.45, 2.75) is 0 Å². The Kier molecular flexibility index (Phi) is 4.53. The van der Waals surface area contributed by atoms with Crippen LogP contribution in [0.2, 0.25) is 0 Å². The molecule has 1 aliphatic rings. The van der Waals surface area contributed by atoms with Gasteiger partial charge in [0.1, 0.15) is 5.52 Å². The number of fused-ring (bicyclic) bond motifs is 1. The first-order valence-electron chi connectivity index (χ1n) is 6.71. The maximum atomic E-state index is 4.54. The molecule has 0 bridgehead atoms. The monoisotopic (exact) mass is 398 g/mol. The maximum absolute atomic E-state index is 4.54. The van der Waals surface area contributed by atoms with Gasteiger partial charge in [0.25, 0.3) is 0 Å². The Bertz CT molecular complexity index is 597. The van der Waals surface area contributed by atoms with E-state index in [1.807, 2.05) is 18.5 Å². The van der Waals surface area contributed by atoms with Crippen molar-refractivity contribution in [3.05, 3.63) is 29.0 Å². The van der Waals surface area contributed by atoms with E-state index >= 15 is 0 Å². The number of nitrogens with zero attached hydrogens (tertiary/aromatic N) is 4. The van der Waals surface area contributed by atoms with E-state index in [2.05, 4.69) is 57.7 Å². The van der Waals surface area contributed by atoms with Crippen LogP contribution in [0, 0.1) is 0 Å². The number of pyridine rings is 2. The van der Waals surface area contributed by atoms with E-state index in [9.17, 15) is 0 Å². The fraction of sp³-hybridized carbons (Fsp3) is 0.429. The summed E-state index contributed by atoms with van der Waals surface area (Å²) in [5.74, 6) is 0. The number of anilines is 1. The normalized spacial score (nSPS) is 16.8. The van der Waals surface area contributed by atoms with Crippen molar-refractivity contribution in [2.75, 3.05) is 43.0 Å². The first-order chi connectivity index (χ1) is 9.78. The first-order valence-corrected chi connectivity index (χ1v) is 8.63. The number of aromatic nitrogens is 2. The summed E-state index contributed by atoms with van der Waals surface area (Å²) < 4.78 is 0.969. The Balaban J connectivity index is 1.84. The molecule has 3 rings (SSSR count). The Morgan fingerprint density at radius 3 is 2.70 bits per heavy atom. The second-order valence-corrected chi connectivity index (χ2v) is 6.58. The molecule has 4 nitrogen and oxygen atoms in total. The van der Waals surface area contributed by atoms with Crippen LogP contribution in [0.5, 0.6) is 0 Å². The number of hydrogen-bond acceptors (Lipinski definition) is 4. The van der Waals surface area contributed by atoms with Crippen LogP contribution in [0.1, 0.15) is 0 Å². The summed E-state index contributed by atoms with van der Waals surface area (Å²) >= 11 is 6.96. The minimum Gasteiger partial charge on any atom is -0.367 e. The van der Waals surface area contributed by atoms with Crippen LogP contribution < -0.4 is 4.90 Å². The lowest BCUT2D eigenvalue weighted by Gasteiger charge is -2.36. The van der Waals surface area contributed by atoms with Crippen LogP contribution in [0.3, 0.4) is 0 Å². The summed E-state index contributed by atoms with van der Waals surface area (Å²) in [6.07, 6.45) is 3.71. The summed E-state index contributed by atoms with van der Waals surface area (Å²) in [7, 11) is 0. The Hall–Kier alpha value is -0.720. The van der Waals surface area contributed by atoms with E-state index in [4.69, 9.17) is 0 Å². The molecule has 0 saturated carbocycles.